The van der Waals surface area contributed by atoms with Crippen LogP contribution >= 0.6 is 0 Å². The van der Waals surface area contributed by atoms with E-state index in [1.165, 1.54) is 5.56 Å². The van der Waals surface area contributed by atoms with E-state index in [1.807, 2.05) is 0 Å². The fourth-order valence-corrected chi connectivity index (χ4v) is 5.23. The Labute approximate surface area is 178 Å². The number of benzene rings is 1. The summed E-state index contributed by atoms with van der Waals surface area (Å²) in [5.41, 5.74) is 2.21. The number of nitrogens with zero attached hydrogens (tertiary/aromatic N) is 5. The molecule has 30 heavy (non-hydrogen) atoms. The molecular weight excluding hydrogens is 378 g/mol. The van der Waals surface area contributed by atoms with Gasteiger partial charge in [-0.3, -0.25) is 9.69 Å². The summed E-state index contributed by atoms with van der Waals surface area (Å²) in [6.45, 7) is 8.15. The monoisotopic (exact) mass is 409 g/mol. The third kappa shape index (κ3) is 3.76. The predicted molar refractivity (Wildman–Crippen MR) is 117 cm³/mol. The number of rotatable bonds is 3. The van der Waals surface area contributed by atoms with E-state index in [1.54, 1.807) is 6.33 Å². The molecule has 5 rings (SSSR count). The molecule has 7 nitrogen and oxygen atoms in total. The van der Waals surface area contributed by atoms with Crippen molar-refractivity contribution in [3.8, 4) is 0 Å². The number of amides is 1. The Kier molecular flexibility index (Phi) is 5.56. The number of carbonyl (C=O) groups is 1. The molecule has 1 atom stereocenters. The normalized spacial score (nSPS) is 24.6. The molecule has 0 bridgehead atoms. The van der Waals surface area contributed by atoms with Crippen LogP contribution in [0.3, 0.4) is 0 Å². The first-order chi connectivity index (χ1) is 14.7. The quantitative estimate of drug-likeness (QED) is 0.775. The summed E-state index contributed by atoms with van der Waals surface area (Å²) < 4.78 is 5.50. The molecule has 0 aliphatic carbocycles. The van der Waals surface area contributed by atoms with Crippen molar-refractivity contribution in [2.75, 3.05) is 50.8 Å². The van der Waals surface area contributed by atoms with Crippen molar-refractivity contribution in [1.29, 1.82) is 0 Å². The Bertz CT molecular complexity index is 906. The number of aromatic nitrogens is 2. The molecule has 0 N–H and O–H groups in total. The van der Waals surface area contributed by atoms with Gasteiger partial charge in [0.05, 0.1) is 11.6 Å². The van der Waals surface area contributed by atoms with Crippen LogP contribution in [0, 0.1) is 6.92 Å². The summed E-state index contributed by atoms with van der Waals surface area (Å²) in [7, 11) is 0. The highest BCUT2D eigenvalue weighted by molar-refractivity contribution is 5.90. The van der Waals surface area contributed by atoms with E-state index in [4.69, 9.17) is 4.74 Å². The minimum atomic E-state index is 0.0353. The molecule has 1 aromatic carbocycles. The van der Waals surface area contributed by atoms with E-state index in [0.717, 1.165) is 88.3 Å². The van der Waals surface area contributed by atoms with Gasteiger partial charge in [-0.15, -0.1) is 0 Å². The van der Waals surface area contributed by atoms with Crippen molar-refractivity contribution >= 4 is 22.6 Å². The van der Waals surface area contributed by atoms with Crippen LogP contribution in [0.15, 0.2) is 24.5 Å². The van der Waals surface area contributed by atoms with Crippen molar-refractivity contribution < 1.29 is 9.53 Å². The van der Waals surface area contributed by atoms with Gasteiger partial charge in [-0.1, -0.05) is 11.6 Å². The first kappa shape index (κ1) is 19.7. The van der Waals surface area contributed by atoms with Gasteiger partial charge in [0.25, 0.3) is 0 Å². The standard InChI is InChI=1S/C23H31N5O2/c1-17-4-5-20-19(15-17)22(25-16-24-20)27-11-9-26(10-12-27)21-3-2-8-28(23(21)29)18-6-13-30-14-7-18/h4-5,15-16,18,21H,2-3,6-14H2,1H3/t21-/m1/s1. The topological polar surface area (TPSA) is 61.8 Å². The molecule has 0 spiro atoms. The Morgan fingerprint density at radius 3 is 2.60 bits per heavy atom. The van der Waals surface area contributed by atoms with Crippen LogP contribution in [-0.2, 0) is 9.53 Å². The zero-order valence-electron chi connectivity index (χ0n) is 17.8. The summed E-state index contributed by atoms with van der Waals surface area (Å²) in [5, 5.41) is 1.12. The van der Waals surface area contributed by atoms with Gasteiger partial charge in [-0.2, -0.15) is 0 Å². The van der Waals surface area contributed by atoms with Crippen LogP contribution in [0.2, 0.25) is 0 Å². The smallest absolute Gasteiger partial charge is 0.240 e. The first-order valence-electron chi connectivity index (χ1n) is 11.3. The predicted octanol–water partition coefficient (Wildman–Crippen LogP) is 2.23. The summed E-state index contributed by atoms with van der Waals surface area (Å²) in [6.07, 6.45) is 5.70. The number of piperidine rings is 1. The number of fused-ring (bicyclic) bond motifs is 1. The molecule has 3 saturated heterocycles. The van der Waals surface area contributed by atoms with Crippen LogP contribution in [0.25, 0.3) is 10.9 Å². The molecule has 0 unspecified atom stereocenters. The van der Waals surface area contributed by atoms with Crippen LogP contribution in [-0.4, -0.2) is 83.7 Å². The number of ether oxygens (including phenoxy) is 1. The van der Waals surface area contributed by atoms with Crippen LogP contribution in [0.4, 0.5) is 5.82 Å². The SMILES string of the molecule is Cc1ccc2ncnc(N3CCN([C@@H]4CCCN(C5CCOCC5)C4=O)CC3)c2c1. The van der Waals surface area contributed by atoms with E-state index in [0.29, 0.717) is 11.9 Å². The Balaban J connectivity index is 1.27. The molecular formula is C23H31N5O2. The minimum Gasteiger partial charge on any atom is -0.381 e. The van der Waals surface area contributed by atoms with E-state index in [9.17, 15) is 4.79 Å². The van der Waals surface area contributed by atoms with Gasteiger partial charge in [0.2, 0.25) is 5.91 Å². The Morgan fingerprint density at radius 1 is 1.00 bits per heavy atom. The number of aryl methyl sites for hydroxylation is 1. The lowest BCUT2D eigenvalue weighted by Crippen LogP contribution is -2.59. The van der Waals surface area contributed by atoms with Gasteiger partial charge in [-0.05, 0) is 44.7 Å². The van der Waals surface area contributed by atoms with E-state index >= 15 is 0 Å². The number of hydrogen-bond donors (Lipinski definition) is 0. The fraction of sp³-hybridized carbons (Fsp3) is 0.609. The summed E-state index contributed by atoms with van der Waals surface area (Å²) in [5.74, 6) is 1.35. The van der Waals surface area contributed by atoms with Gasteiger partial charge < -0.3 is 14.5 Å². The first-order valence-corrected chi connectivity index (χ1v) is 11.3. The average molecular weight is 410 g/mol. The van der Waals surface area contributed by atoms with E-state index < -0.39 is 0 Å². The molecule has 0 radical (unpaired) electrons. The van der Waals surface area contributed by atoms with Crippen molar-refractivity contribution in [2.45, 2.75) is 44.7 Å². The fourth-order valence-electron chi connectivity index (χ4n) is 5.23. The van der Waals surface area contributed by atoms with Gasteiger partial charge in [0.1, 0.15) is 12.1 Å². The largest absolute Gasteiger partial charge is 0.381 e. The van der Waals surface area contributed by atoms with Gasteiger partial charge in [-0.25, -0.2) is 9.97 Å². The van der Waals surface area contributed by atoms with Gasteiger partial charge in [0.15, 0.2) is 0 Å². The number of carbonyl (C=O) groups excluding carboxylic acids is 1. The second-order valence-electron chi connectivity index (χ2n) is 8.77. The lowest BCUT2D eigenvalue weighted by molar-refractivity contribution is -0.145. The molecule has 4 heterocycles. The molecule has 3 fully saturated rings. The average Bonchev–Trinajstić information content (AvgIpc) is 2.79. The summed E-state index contributed by atoms with van der Waals surface area (Å²) >= 11 is 0. The number of likely N-dealkylation sites (tertiary alicyclic amines) is 1. The highest BCUT2D eigenvalue weighted by Gasteiger charge is 2.38. The van der Waals surface area contributed by atoms with Crippen molar-refractivity contribution in [2.24, 2.45) is 0 Å². The van der Waals surface area contributed by atoms with Crippen molar-refractivity contribution in [1.82, 2.24) is 19.8 Å². The zero-order chi connectivity index (χ0) is 20.5. The zero-order valence-corrected chi connectivity index (χ0v) is 17.8. The molecule has 3 aliphatic heterocycles. The molecule has 3 aliphatic rings. The molecule has 2 aromatic rings. The second-order valence-corrected chi connectivity index (χ2v) is 8.77. The van der Waals surface area contributed by atoms with Crippen LogP contribution in [0.1, 0.15) is 31.2 Å². The molecule has 1 aromatic heterocycles. The van der Waals surface area contributed by atoms with Crippen molar-refractivity contribution in [3.05, 3.63) is 30.1 Å². The summed E-state index contributed by atoms with van der Waals surface area (Å²) in [6, 6.07) is 6.74. The lowest BCUT2D eigenvalue weighted by atomic mass is 9.97. The number of piperazine rings is 1. The van der Waals surface area contributed by atoms with E-state index in [2.05, 4.69) is 49.8 Å². The third-order valence-electron chi connectivity index (χ3n) is 6.90. The maximum absolute atomic E-state index is 13.3. The van der Waals surface area contributed by atoms with Crippen LogP contribution < -0.4 is 4.90 Å². The van der Waals surface area contributed by atoms with Gasteiger partial charge in [0, 0.05) is 57.4 Å². The highest BCUT2D eigenvalue weighted by atomic mass is 16.5. The summed E-state index contributed by atoms with van der Waals surface area (Å²) in [4.78, 5) is 29.2. The maximum Gasteiger partial charge on any atom is 0.240 e. The van der Waals surface area contributed by atoms with Crippen LogP contribution in [0.5, 0.6) is 0 Å². The maximum atomic E-state index is 13.3. The van der Waals surface area contributed by atoms with E-state index in [-0.39, 0.29) is 6.04 Å². The molecule has 160 valence electrons. The molecule has 1 amide bonds. The minimum absolute atomic E-state index is 0.0353. The number of hydrogen-bond acceptors (Lipinski definition) is 6. The second kappa shape index (κ2) is 8.47. The Morgan fingerprint density at radius 2 is 1.80 bits per heavy atom. The number of anilines is 1. The van der Waals surface area contributed by atoms with Gasteiger partial charge >= 0.3 is 0 Å². The third-order valence-corrected chi connectivity index (χ3v) is 6.90. The Hall–Kier alpha value is -2.25. The molecule has 7 heteroatoms. The van der Waals surface area contributed by atoms with Crippen molar-refractivity contribution in [3.63, 3.8) is 0 Å². The lowest BCUT2D eigenvalue weighted by Gasteiger charge is -2.45. The highest BCUT2D eigenvalue weighted by Crippen LogP contribution is 2.28. The molecule has 0 saturated carbocycles.